The van der Waals surface area contributed by atoms with E-state index in [4.69, 9.17) is 4.74 Å². The monoisotopic (exact) mass is 512 g/mol. The SMILES string of the molecule is CN=C(NCC(C)Oc1ccccc1C)N1CCN(c2cnn(C)c2)C(=O)C1.I. The smallest absolute Gasteiger partial charge is 0.246 e. The summed E-state index contributed by atoms with van der Waals surface area (Å²) in [5.74, 6) is 1.62. The molecular formula is C20H29IN6O2. The van der Waals surface area contributed by atoms with Crippen molar-refractivity contribution in [3.05, 3.63) is 42.2 Å². The molecule has 8 nitrogen and oxygen atoms in total. The van der Waals surface area contributed by atoms with E-state index in [-0.39, 0.29) is 42.5 Å². The van der Waals surface area contributed by atoms with E-state index in [0.717, 1.165) is 17.0 Å². The maximum absolute atomic E-state index is 12.6. The van der Waals surface area contributed by atoms with Gasteiger partial charge in [-0.2, -0.15) is 5.10 Å². The summed E-state index contributed by atoms with van der Waals surface area (Å²) < 4.78 is 7.70. The van der Waals surface area contributed by atoms with Gasteiger partial charge in [-0.1, -0.05) is 18.2 Å². The van der Waals surface area contributed by atoms with Gasteiger partial charge in [0.05, 0.1) is 18.4 Å². The second-order valence-corrected chi connectivity index (χ2v) is 6.96. The van der Waals surface area contributed by atoms with Gasteiger partial charge in [0.2, 0.25) is 5.91 Å². The number of aryl methyl sites for hydroxylation is 2. The Balaban J connectivity index is 0.00000300. The number of para-hydroxylation sites is 1. The van der Waals surface area contributed by atoms with Crippen LogP contribution in [-0.4, -0.2) is 65.9 Å². The van der Waals surface area contributed by atoms with E-state index in [1.165, 1.54) is 0 Å². The van der Waals surface area contributed by atoms with Crippen LogP contribution in [0.4, 0.5) is 5.69 Å². The molecule has 2 heterocycles. The first-order chi connectivity index (χ1) is 13.5. The summed E-state index contributed by atoms with van der Waals surface area (Å²) in [5.41, 5.74) is 1.94. The molecule has 1 aromatic heterocycles. The third kappa shape index (κ3) is 5.84. The number of guanidine groups is 1. The molecule has 9 heteroatoms. The summed E-state index contributed by atoms with van der Waals surface area (Å²) in [6.45, 7) is 6.22. The van der Waals surface area contributed by atoms with Gasteiger partial charge in [0, 0.05) is 33.4 Å². The van der Waals surface area contributed by atoms with Gasteiger partial charge in [0.1, 0.15) is 18.4 Å². The number of ether oxygens (including phenoxy) is 1. The number of nitrogens with one attached hydrogen (secondary N) is 1. The maximum atomic E-state index is 12.6. The number of nitrogens with zero attached hydrogens (tertiary/aromatic N) is 5. The van der Waals surface area contributed by atoms with Gasteiger partial charge in [-0.25, -0.2) is 0 Å². The van der Waals surface area contributed by atoms with Crippen molar-refractivity contribution < 1.29 is 9.53 Å². The van der Waals surface area contributed by atoms with Crippen molar-refractivity contribution >= 4 is 41.5 Å². The molecule has 1 aliphatic rings. The maximum Gasteiger partial charge on any atom is 0.246 e. The zero-order valence-electron chi connectivity index (χ0n) is 17.3. The summed E-state index contributed by atoms with van der Waals surface area (Å²) >= 11 is 0. The van der Waals surface area contributed by atoms with Crippen molar-refractivity contribution in [1.29, 1.82) is 0 Å². The van der Waals surface area contributed by atoms with E-state index in [0.29, 0.717) is 25.6 Å². The lowest BCUT2D eigenvalue weighted by molar-refractivity contribution is -0.120. The number of aliphatic imine (C=N–C) groups is 1. The van der Waals surface area contributed by atoms with Gasteiger partial charge in [0.25, 0.3) is 0 Å². The average molecular weight is 512 g/mol. The van der Waals surface area contributed by atoms with E-state index >= 15 is 0 Å². The number of aromatic nitrogens is 2. The van der Waals surface area contributed by atoms with E-state index in [2.05, 4.69) is 15.4 Å². The molecule has 0 spiro atoms. The fourth-order valence-electron chi connectivity index (χ4n) is 3.19. The predicted octanol–water partition coefficient (Wildman–Crippen LogP) is 2.04. The molecule has 1 saturated heterocycles. The number of halogens is 1. The molecule has 1 N–H and O–H groups in total. The second-order valence-electron chi connectivity index (χ2n) is 6.96. The van der Waals surface area contributed by atoms with Crippen LogP contribution < -0.4 is 15.0 Å². The fraction of sp³-hybridized carbons (Fsp3) is 0.450. The van der Waals surface area contributed by atoms with Crippen LogP contribution in [0.2, 0.25) is 0 Å². The van der Waals surface area contributed by atoms with Crippen LogP contribution in [0.1, 0.15) is 12.5 Å². The van der Waals surface area contributed by atoms with Gasteiger partial charge < -0.3 is 19.9 Å². The molecule has 0 aliphatic carbocycles. The lowest BCUT2D eigenvalue weighted by Gasteiger charge is -2.35. The fourth-order valence-corrected chi connectivity index (χ4v) is 3.19. The molecule has 2 aromatic rings. The van der Waals surface area contributed by atoms with Crippen molar-refractivity contribution in [2.24, 2.45) is 12.0 Å². The van der Waals surface area contributed by atoms with Crippen LogP contribution in [0.5, 0.6) is 5.75 Å². The Morgan fingerprint density at radius 2 is 2.10 bits per heavy atom. The van der Waals surface area contributed by atoms with Gasteiger partial charge in [-0.15, -0.1) is 24.0 Å². The molecule has 0 saturated carbocycles. The van der Waals surface area contributed by atoms with Crippen molar-refractivity contribution in [2.75, 3.05) is 38.1 Å². The number of piperazine rings is 1. The van der Waals surface area contributed by atoms with Gasteiger partial charge in [0.15, 0.2) is 5.96 Å². The topological polar surface area (TPSA) is 75.0 Å². The number of anilines is 1. The van der Waals surface area contributed by atoms with Crippen molar-refractivity contribution in [1.82, 2.24) is 20.0 Å². The van der Waals surface area contributed by atoms with Crippen LogP contribution in [0.3, 0.4) is 0 Å². The number of hydrogen-bond donors (Lipinski definition) is 1. The van der Waals surface area contributed by atoms with Crippen LogP contribution in [0.15, 0.2) is 41.7 Å². The van der Waals surface area contributed by atoms with E-state index < -0.39 is 0 Å². The first-order valence-corrected chi connectivity index (χ1v) is 9.45. The number of benzene rings is 1. The summed E-state index contributed by atoms with van der Waals surface area (Å²) in [6.07, 6.45) is 3.53. The van der Waals surface area contributed by atoms with Crippen LogP contribution in [-0.2, 0) is 11.8 Å². The van der Waals surface area contributed by atoms with Crippen LogP contribution in [0, 0.1) is 6.92 Å². The molecule has 1 amide bonds. The standard InChI is InChI=1S/C20H28N6O2.HI/c1-15-7-5-6-8-18(15)28-16(2)11-22-20(21-3)25-9-10-26(19(27)14-25)17-12-23-24(4)13-17;/h5-8,12-13,16H,9-11,14H2,1-4H3,(H,21,22);1H. The van der Waals surface area contributed by atoms with E-state index in [9.17, 15) is 4.79 Å². The molecular weight excluding hydrogens is 483 g/mol. The Morgan fingerprint density at radius 1 is 1.34 bits per heavy atom. The van der Waals surface area contributed by atoms with E-state index in [1.54, 1.807) is 22.8 Å². The van der Waals surface area contributed by atoms with Crippen LogP contribution >= 0.6 is 24.0 Å². The molecule has 158 valence electrons. The quantitative estimate of drug-likeness (QED) is 0.377. The van der Waals surface area contributed by atoms with Gasteiger partial charge in [-0.3, -0.25) is 14.5 Å². The van der Waals surface area contributed by atoms with Crippen molar-refractivity contribution in [3.8, 4) is 5.75 Å². The minimum atomic E-state index is -0.0368. The summed E-state index contributed by atoms with van der Waals surface area (Å²) in [4.78, 5) is 20.7. The summed E-state index contributed by atoms with van der Waals surface area (Å²) in [5, 5.41) is 7.47. The summed E-state index contributed by atoms with van der Waals surface area (Å²) in [6, 6.07) is 7.96. The third-order valence-corrected chi connectivity index (χ3v) is 4.70. The Labute approximate surface area is 188 Å². The van der Waals surface area contributed by atoms with Crippen LogP contribution in [0.25, 0.3) is 0 Å². The van der Waals surface area contributed by atoms with Crippen molar-refractivity contribution in [2.45, 2.75) is 20.0 Å². The molecule has 0 bridgehead atoms. The zero-order chi connectivity index (χ0) is 20.1. The molecule has 1 fully saturated rings. The number of carbonyl (C=O) groups is 1. The molecule has 1 aliphatic heterocycles. The number of rotatable bonds is 5. The Kier molecular flexibility index (Phi) is 8.30. The average Bonchev–Trinajstić information content (AvgIpc) is 3.10. The zero-order valence-corrected chi connectivity index (χ0v) is 19.7. The molecule has 0 radical (unpaired) electrons. The van der Waals surface area contributed by atoms with E-state index in [1.807, 2.05) is 56.3 Å². The first-order valence-electron chi connectivity index (χ1n) is 9.45. The van der Waals surface area contributed by atoms with Crippen molar-refractivity contribution in [3.63, 3.8) is 0 Å². The molecule has 1 atom stereocenters. The number of hydrogen-bond acceptors (Lipinski definition) is 4. The third-order valence-electron chi connectivity index (χ3n) is 4.70. The highest BCUT2D eigenvalue weighted by molar-refractivity contribution is 14.0. The highest BCUT2D eigenvalue weighted by Gasteiger charge is 2.27. The Bertz CT molecular complexity index is 853. The Morgan fingerprint density at radius 3 is 2.72 bits per heavy atom. The Hall–Kier alpha value is -2.30. The second kappa shape index (κ2) is 10.5. The minimum Gasteiger partial charge on any atom is -0.489 e. The number of carbonyl (C=O) groups excluding carboxylic acids is 1. The highest BCUT2D eigenvalue weighted by Crippen LogP contribution is 2.18. The lowest BCUT2D eigenvalue weighted by Crippen LogP contribution is -2.56. The largest absolute Gasteiger partial charge is 0.489 e. The lowest BCUT2D eigenvalue weighted by atomic mass is 10.2. The molecule has 1 aromatic carbocycles. The molecule has 3 rings (SSSR count). The van der Waals surface area contributed by atoms with Gasteiger partial charge >= 0.3 is 0 Å². The minimum absolute atomic E-state index is 0. The number of amides is 1. The normalized spacial score (nSPS) is 15.7. The molecule has 1 unspecified atom stereocenters. The highest BCUT2D eigenvalue weighted by atomic mass is 127. The predicted molar refractivity (Wildman–Crippen MR) is 125 cm³/mol. The summed E-state index contributed by atoms with van der Waals surface area (Å²) in [7, 11) is 3.57. The van der Waals surface area contributed by atoms with Gasteiger partial charge in [-0.05, 0) is 25.5 Å². The first kappa shape index (κ1) is 23.0. The molecule has 29 heavy (non-hydrogen) atoms.